The third-order valence-electron chi connectivity index (χ3n) is 6.39. The third-order valence-corrected chi connectivity index (χ3v) is 6.64. The summed E-state index contributed by atoms with van der Waals surface area (Å²) in [7, 11) is 3.24. The second-order valence-corrected chi connectivity index (χ2v) is 9.40. The minimum Gasteiger partial charge on any atom is -0.468 e. The van der Waals surface area contributed by atoms with Gasteiger partial charge in [0.05, 0.1) is 23.8 Å². The SMILES string of the molecule is COC(=O)C(c1ccc(Cl)cc1)N1CCN(C(=O)c2cc(C(C)C)nc3c2c(C)nn3C)CC1. The molecule has 3 aromatic rings. The van der Waals surface area contributed by atoms with E-state index in [0.29, 0.717) is 36.8 Å². The van der Waals surface area contributed by atoms with Gasteiger partial charge in [-0.3, -0.25) is 14.4 Å². The minimum absolute atomic E-state index is 0.0360. The molecule has 1 aliphatic heterocycles. The van der Waals surface area contributed by atoms with E-state index in [1.807, 2.05) is 37.1 Å². The number of ether oxygens (including phenoxy) is 1. The summed E-state index contributed by atoms with van der Waals surface area (Å²) in [5.41, 5.74) is 3.83. The Kier molecular flexibility index (Phi) is 6.91. The number of carbonyl (C=O) groups is 2. The van der Waals surface area contributed by atoms with Crippen LogP contribution in [0.4, 0.5) is 0 Å². The molecule has 8 nitrogen and oxygen atoms in total. The zero-order chi connectivity index (χ0) is 24.6. The normalized spacial score (nSPS) is 15.7. The number of hydrogen-bond acceptors (Lipinski definition) is 6. The van der Waals surface area contributed by atoms with E-state index in [1.54, 1.807) is 16.8 Å². The highest BCUT2D eigenvalue weighted by Crippen LogP contribution is 2.28. The predicted molar refractivity (Wildman–Crippen MR) is 131 cm³/mol. The van der Waals surface area contributed by atoms with E-state index < -0.39 is 6.04 Å². The number of methoxy groups -OCH3 is 1. The van der Waals surface area contributed by atoms with Gasteiger partial charge in [-0.2, -0.15) is 5.10 Å². The summed E-state index contributed by atoms with van der Waals surface area (Å²) in [6.45, 7) is 8.13. The van der Waals surface area contributed by atoms with E-state index in [2.05, 4.69) is 23.8 Å². The van der Waals surface area contributed by atoms with E-state index in [0.717, 1.165) is 28.0 Å². The number of fused-ring (bicyclic) bond motifs is 1. The molecule has 1 fully saturated rings. The topological polar surface area (TPSA) is 80.6 Å². The van der Waals surface area contributed by atoms with Gasteiger partial charge in [0.25, 0.3) is 5.91 Å². The highest BCUT2D eigenvalue weighted by Gasteiger charge is 2.33. The van der Waals surface area contributed by atoms with Crippen molar-refractivity contribution >= 4 is 34.5 Å². The number of pyridine rings is 1. The van der Waals surface area contributed by atoms with E-state index in [4.69, 9.17) is 21.3 Å². The highest BCUT2D eigenvalue weighted by molar-refractivity contribution is 6.30. The van der Waals surface area contributed by atoms with E-state index in [1.165, 1.54) is 7.11 Å². The lowest BCUT2D eigenvalue weighted by atomic mass is 10.0. The maximum absolute atomic E-state index is 13.7. The van der Waals surface area contributed by atoms with Crippen molar-refractivity contribution in [2.24, 2.45) is 7.05 Å². The summed E-state index contributed by atoms with van der Waals surface area (Å²) < 4.78 is 6.82. The van der Waals surface area contributed by atoms with Gasteiger partial charge in [-0.15, -0.1) is 0 Å². The van der Waals surface area contributed by atoms with Crippen molar-refractivity contribution in [2.45, 2.75) is 32.7 Å². The van der Waals surface area contributed by atoms with Crippen LogP contribution in [-0.2, 0) is 16.6 Å². The quantitative estimate of drug-likeness (QED) is 0.514. The van der Waals surface area contributed by atoms with Crippen molar-refractivity contribution in [1.82, 2.24) is 24.6 Å². The van der Waals surface area contributed by atoms with Crippen LogP contribution >= 0.6 is 11.6 Å². The molecular formula is C25H30ClN5O3. The molecule has 180 valence electrons. The van der Waals surface area contributed by atoms with Crippen molar-refractivity contribution < 1.29 is 14.3 Å². The second-order valence-electron chi connectivity index (χ2n) is 8.96. The van der Waals surface area contributed by atoms with E-state index in [-0.39, 0.29) is 17.8 Å². The second kappa shape index (κ2) is 9.72. The molecule has 0 aliphatic carbocycles. The van der Waals surface area contributed by atoms with Gasteiger partial charge in [0.15, 0.2) is 5.65 Å². The fourth-order valence-corrected chi connectivity index (χ4v) is 4.66. The van der Waals surface area contributed by atoms with Gasteiger partial charge in [-0.25, -0.2) is 9.78 Å². The smallest absolute Gasteiger partial charge is 0.327 e. The lowest BCUT2D eigenvalue weighted by Crippen LogP contribution is -2.51. The van der Waals surface area contributed by atoms with Crippen LogP contribution in [0.5, 0.6) is 0 Å². The first-order valence-electron chi connectivity index (χ1n) is 11.4. The Morgan fingerprint density at radius 1 is 1.09 bits per heavy atom. The molecule has 1 amide bonds. The van der Waals surface area contributed by atoms with Crippen molar-refractivity contribution in [3.8, 4) is 0 Å². The van der Waals surface area contributed by atoms with Crippen molar-refractivity contribution in [1.29, 1.82) is 0 Å². The highest BCUT2D eigenvalue weighted by atomic mass is 35.5. The van der Waals surface area contributed by atoms with E-state index >= 15 is 0 Å². The van der Waals surface area contributed by atoms with Crippen LogP contribution in [0.15, 0.2) is 30.3 Å². The number of rotatable bonds is 5. The monoisotopic (exact) mass is 483 g/mol. The van der Waals surface area contributed by atoms with Crippen molar-refractivity contribution in [3.05, 3.63) is 57.9 Å². The number of piperazine rings is 1. The number of nitrogens with zero attached hydrogens (tertiary/aromatic N) is 5. The summed E-state index contributed by atoms with van der Waals surface area (Å²) in [5, 5.41) is 5.91. The summed E-state index contributed by atoms with van der Waals surface area (Å²) >= 11 is 6.03. The van der Waals surface area contributed by atoms with Crippen LogP contribution < -0.4 is 0 Å². The summed E-state index contributed by atoms with van der Waals surface area (Å²) in [4.78, 5) is 34.9. The molecule has 1 saturated heterocycles. The fourth-order valence-electron chi connectivity index (χ4n) is 4.53. The average Bonchev–Trinajstić information content (AvgIpc) is 3.13. The molecule has 0 saturated carbocycles. The molecule has 3 heterocycles. The number of carbonyl (C=O) groups excluding carboxylic acids is 2. The average molecular weight is 484 g/mol. The van der Waals surface area contributed by atoms with Gasteiger partial charge >= 0.3 is 5.97 Å². The number of halogens is 1. The Morgan fingerprint density at radius 2 is 1.74 bits per heavy atom. The van der Waals surface area contributed by atoms with Gasteiger partial charge in [-0.1, -0.05) is 37.6 Å². The lowest BCUT2D eigenvalue weighted by Gasteiger charge is -2.38. The first kappa shape index (κ1) is 24.2. The molecular weight excluding hydrogens is 454 g/mol. The zero-order valence-electron chi connectivity index (χ0n) is 20.2. The molecule has 34 heavy (non-hydrogen) atoms. The van der Waals surface area contributed by atoms with Crippen LogP contribution in [0.1, 0.15) is 53.1 Å². The van der Waals surface area contributed by atoms with Crippen LogP contribution in [0.2, 0.25) is 5.02 Å². The summed E-state index contributed by atoms with van der Waals surface area (Å²) in [5.74, 6) is -0.181. The maximum Gasteiger partial charge on any atom is 0.327 e. The molecule has 1 aromatic carbocycles. The minimum atomic E-state index is -0.541. The molecule has 4 rings (SSSR count). The van der Waals surface area contributed by atoms with Gasteiger partial charge in [0.1, 0.15) is 6.04 Å². The molecule has 0 radical (unpaired) electrons. The van der Waals surface area contributed by atoms with Gasteiger partial charge in [-0.05, 0) is 36.6 Å². The van der Waals surface area contributed by atoms with Crippen LogP contribution in [0.25, 0.3) is 11.0 Å². The lowest BCUT2D eigenvalue weighted by molar-refractivity contribution is -0.148. The molecule has 0 spiro atoms. The van der Waals surface area contributed by atoms with Gasteiger partial charge < -0.3 is 9.64 Å². The Labute approximate surface area is 204 Å². The van der Waals surface area contributed by atoms with E-state index in [9.17, 15) is 9.59 Å². The number of benzene rings is 1. The Hall–Kier alpha value is -2.97. The van der Waals surface area contributed by atoms with Gasteiger partial charge in [0, 0.05) is 43.9 Å². The number of esters is 1. The molecule has 1 unspecified atom stereocenters. The molecule has 1 atom stereocenters. The van der Waals surface area contributed by atoms with Crippen LogP contribution in [-0.4, -0.2) is 69.7 Å². The summed E-state index contributed by atoms with van der Waals surface area (Å²) in [6.07, 6.45) is 0. The molecule has 0 N–H and O–H groups in total. The standard InChI is InChI=1S/C25H30ClN5O3/c1-15(2)20-14-19(21-16(3)28-29(4)23(21)27-20)24(32)31-12-10-30(11-13-31)22(25(33)34-5)17-6-8-18(26)9-7-17/h6-9,14-15,22H,10-13H2,1-5H3. The Balaban J connectivity index is 1.58. The fraction of sp³-hybridized carbons (Fsp3) is 0.440. The first-order valence-corrected chi connectivity index (χ1v) is 11.8. The van der Waals surface area contributed by atoms with Crippen molar-refractivity contribution in [3.63, 3.8) is 0 Å². The Bertz CT molecular complexity index is 1210. The van der Waals surface area contributed by atoms with Crippen LogP contribution in [0, 0.1) is 6.92 Å². The molecule has 0 bridgehead atoms. The number of aromatic nitrogens is 3. The maximum atomic E-state index is 13.7. The predicted octanol–water partition coefficient (Wildman–Crippen LogP) is 3.73. The largest absolute Gasteiger partial charge is 0.468 e. The number of aryl methyl sites for hydroxylation is 2. The summed E-state index contributed by atoms with van der Waals surface area (Å²) in [6, 6.07) is 8.58. The number of hydrogen-bond donors (Lipinski definition) is 0. The first-order chi connectivity index (χ1) is 16.2. The molecule has 9 heteroatoms. The third kappa shape index (κ3) is 4.52. The number of amides is 1. The van der Waals surface area contributed by atoms with Crippen LogP contribution in [0.3, 0.4) is 0 Å². The Morgan fingerprint density at radius 3 is 2.32 bits per heavy atom. The molecule has 2 aromatic heterocycles. The van der Waals surface area contributed by atoms with Gasteiger partial charge in [0.2, 0.25) is 0 Å². The van der Waals surface area contributed by atoms with Crippen molar-refractivity contribution in [2.75, 3.05) is 33.3 Å². The zero-order valence-corrected chi connectivity index (χ0v) is 21.0. The molecule has 1 aliphatic rings.